The minimum absolute atomic E-state index is 0.105. The summed E-state index contributed by atoms with van der Waals surface area (Å²) in [7, 11) is 1.62. The molecule has 3 rings (SSSR count). The standard InChI is InChI=1S/C16H19N3O4/c1-21-12-4-6-13(7-5-12)22-10-8-19-16(14(11-20)17-18-19)15-3-2-9-23-15/h4-7,11,15H,2-3,8-10H2,1H3. The van der Waals surface area contributed by atoms with Crippen molar-refractivity contribution in [2.24, 2.45) is 0 Å². The molecular formula is C16H19N3O4. The molecule has 2 aromatic rings. The van der Waals surface area contributed by atoms with Gasteiger partial charge in [-0.1, -0.05) is 5.21 Å². The van der Waals surface area contributed by atoms with E-state index in [-0.39, 0.29) is 6.10 Å². The highest BCUT2D eigenvalue weighted by molar-refractivity contribution is 5.73. The van der Waals surface area contributed by atoms with Crippen molar-refractivity contribution in [3.8, 4) is 11.5 Å². The van der Waals surface area contributed by atoms with Crippen LogP contribution in [0.4, 0.5) is 0 Å². The Hall–Kier alpha value is -2.41. The van der Waals surface area contributed by atoms with E-state index in [4.69, 9.17) is 14.2 Å². The molecule has 1 aromatic carbocycles. The molecule has 1 aromatic heterocycles. The van der Waals surface area contributed by atoms with Crippen LogP contribution in [0.15, 0.2) is 24.3 Å². The predicted octanol–water partition coefficient (Wildman–Crippen LogP) is 2.03. The molecule has 0 saturated carbocycles. The average Bonchev–Trinajstić information content (AvgIpc) is 3.24. The van der Waals surface area contributed by atoms with Crippen molar-refractivity contribution in [1.29, 1.82) is 0 Å². The van der Waals surface area contributed by atoms with E-state index in [2.05, 4.69) is 10.3 Å². The lowest BCUT2D eigenvalue weighted by Gasteiger charge is -2.13. The molecule has 0 spiro atoms. The van der Waals surface area contributed by atoms with E-state index in [1.54, 1.807) is 11.8 Å². The van der Waals surface area contributed by atoms with Gasteiger partial charge in [-0.05, 0) is 37.1 Å². The van der Waals surface area contributed by atoms with Crippen molar-refractivity contribution in [2.75, 3.05) is 20.3 Å². The van der Waals surface area contributed by atoms with Crippen LogP contribution in [-0.4, -0.2) is 41.6 Å². The summed E-state index contributed by atoms with van der Waals surface area (Å²) in [5.41, 5.74) is 1.09. The molecule has 0 radical (unpaired) electrons. The van der Waals surface area contributed by atoms with Gasteiger partial charge in [0.15, 0.2) is 12.0 Å². The van der Waals surface area contributed by atoms with Crippen molar-refractivity contribution in [2.45, 2.75) is 25.5 Å². The molecule has 7 heteroatoms. The SMILES string of the molecule is COc1ccc(OCCn2nnc(C=O)c2C2CCCO2)cc1. The first kappa shape index (κ1) is 15.5. The summed E-state index contributed by atoms with van der Waals surface area (Å²) < 4.78 is 18.2. The second-order valence-electron chi connectivity index (χ2n) is 5.23. The molecule has 1 unspecified atom stereocenters. The molecule has 0 N–H and O–H groups in total. The number of methoxy groups -OCH3 is 1. The van der Waals surface area contributed by atoms with Crippen molar-refractivity contribution in [1.82, 2.24) is 15.0 Å². The third-order valence-electron chi connectivity index (χ3n) is 3.78. The molecule has 1 fully saturated rings. The Kier molecular flexibility index (Phi) is 4.87. The van der Waals surface area contributed by atoms with Gasteiger partial charge in [-0.2, -0.15) is 0 Å². The molecule has 23 heavy (non-hydrogen) atoms. The van der Waals surface area contributed by atoms with Gasteiger partial charge in [0.05, 0.1) is 19.3 Å². The van der Waals surface area contributed by atoms with Crippen LogP contribution in [-0.2, 0) is 11.3 Å². The van der Waals surface area contributed by atoms with E-state index < -0.39 is 0 Å². The van der Waals surface area contributed by atoms with E-state index in [0.29, 0.717) is 25.5 Å². The van der Waals surface area contributed by atoms with E-state index in [1.165, 1.54) is 0 Å². The lowest BCUT2D eigenvalue weighted by Crippen LogP contribution is -2.15. The largest absolute Gasteiger partial charge is 0.497 e. The second-order valence-corrected chi connectivity index (χ2v) is 5.23. The summed E-state index contributed by atoms with van der Waals surface area (Å²) in [6.07, 6.45) is 2.49. The Balaban J connectivity index is 1.63. The van der Waals surface area contributed by atoms with Gasteiger partial charge in [-0.3, -0.25) is 4.79 Å². The van der Waals surface area contributed by atoms with Gasteiger partial charge in [0.25, 0.3) is 0 Å². The van der Waals surface area contributed by atoms with Gasteiger partial charge >= 0.3 is 0 Å². The minimum atomic E-state index is -0.105. The van der Waals surface area contributed by atoms with E-state index in [9.17, 15) is 4.79 Å². The summed E-state index contributed by atoms with van der Waals surface area (Å²) in [5.74, 6) is 1.53. The highest BCUT2D eigenvalue weighted by Gasteiger charge is 2.26. The number of hydrogen-bond acceptors (Lipinski definition) is 6. The van der Waals surface area contributed by atoms with E-state index in [0.717, 1.165) is 36.3 Å². The summed E-state index contributed by atoms with van der Waals surface area (Å²) in [6.45, 7) is 1.63. The monoisotopic (exact) mass is 317 g/mol. The lowest BCUT2D eigenvalue weighted by atomic mass is 10.1. The average molecular weight is 317 g/mol. The molecule has 0 amide bonds. The van der Waals surface area contributed by atoms with Crippen molar-refractivity contribution in [3.05, 3.63) is 35.7 Å². The van der Waals surface area contributed by atoms with Gasteiger partial charge < -0.3 is 14.2 Å². The Morgan fingerprint density at radius 3 is 2.78 bits per heavy atom. The maximum atomic E-state index is 11.1. The molecule has 1 aliphatic heterocycles. The zero-order valence-corrected chi connectivity index (χ0v) is 13.0. The third kappa shape index (κ3) is 3.50. The summed E-state index contributed by atoms with van der Waals surface area (Å²) in [5, 5.41) is 7.97. The van der Waals surface area contributed by atoms with Crippen LogP contribution in [0.3, 0.4) is 0 Å². The van der Waals surface area contributed by atoms with Crippen LogP contribution in [0.25, 0.3) is 0 Å². The normalized spacial score (nSPS) is 17.2. The smallest absolute Gasteiger partial charge is 0.172 e. The number of rotatable bonds is 7. The van der Waals surface area contributed by atoms with Crippen LogP contribution in [0, 0.1) is 0 Å². The number of aromatic nitrogens is 3. The molecule has 2 heterocycles. The lowest BCUT2D eigenvalue weighted by molar-refractivity contribution is 0.0997. The van der Waals surface area contributed by atoms with Crippen LogP contribution < -0.4 is 9.47 Å². The number of aldehydes is 1. The zero-order valence-electron chi connectivity index (χ0n) is 13.0. The Morgan fingerprint density at radius 2 is 2.13 bits per heavy atom. The molecule has 0 bridgehead atoms. The van der Waals surface area contributed by atoms with Crippen LogP contribution in [0.2, 0.25) is 0 Å². The van der Waals surface area contributed by atoms with Gasteiger partial charge in [0, 0.05) is 6.61 Å². The third-order valence-corrected chi connectivity index (χ3v) is 3.78. The molecule has 7 nitrogen and oxygen atoms in total. The van der Waals surface area contributed by atoms with Gasteiger partial charge in [0.1, 0.15) is 24.2 Å². The molecule has 1 atom stereocenters. The number of benzene rings is 1. The van der Waals surface area contributed by atoms with Crippen LogP contribution in [0.5, 0.6) is 11.5 Å². The number of ether oxygens (including phenoxy) is 3. The first-order valence-electron chi connectivity index (χ1n) is 7.59. The fourth-order valence-corrected chi connectivity index (χ4v) is 2.63. The van der Waals surface area contributed by atoms with Crippen molar-refractivity contribution in [3.63, 3.8) is 0 Å². The van der Waals surface area contributed by atoms with Crippen LogP contribution >= 0.6 is 0 Å². The van der Waals surface area contributed by atoms with Gasteiger partial charge in [-0.25, -0.2) is 4.68 Å². The quantitative estimate of drug-likeness (QED) is 0.727. The number of carbonyl (C=O) groups excluding carboxylic acids is 1. The summed E-state index contributed by atoms with van der Waals surface area (Å²) >= 11 is 0. The Bertz CT molecular complexity index is 648. The predicted molar refractivity (Wildman–Crippen MR) is 81.8 cm³/mol. The molecule has 0 aliphatic carbocycles. The Morgan fingerprint density at radius 1 is 1.35 bits per heavy atom. The minimum Gasteiger partial charge on any atom is -0.497 e. The fraction of sp³-hybridized carbons (Fsp3) is 0.438. The van der Waals surface area contributed by atoms with Crippen molar-refractivity contribution < 1.29 is 19.0 Å². The fourth-order valence-electron chi connectivity index (χ4n) is 2.63. The molecule has 1 aliphatic rings. The van der Waals surface area contributed by atoms with Crippen LogP contribution in [0.1, 0.15) is 35.1 Å². The van der Waals surface area contributed by atoms with Gasteiger partial charge in [-0.15, -0.1) is 5.10 Å². The molecule has 122 valence electrons. The maximum absolute atomic E-state index is 11.1. The van der Waals surface area contributed by atoms with E-state index >= 15 is 0 Å². The second kappa shape index (κ2) is 7.23. The Labute approximate surface area is 134 Å². The first-order chi connectivity index (χ1) is 11.3. The summed E-state index contributed by atoms with van der Waals surface area (Å²) in [6, 6.07) is 7.37. The van der Waals surface area contributed by atoms with E-state index in [1.807, 2.05) is 24.3 Å². The topological polar surface area (TPSA) is 75.5 Å². The first-order valence-corrected chi connectivity index (χ1v) is 7.59. The zero-order chi connectivity index (χ0) is 16.1. The number of carbonyl (C=O) groups is 1. The molecule has 1 saturated heterocycles. The summed E-state index contributed by atoms with van der Waals surface area (Å²) in [4.78, 5) is 11.1. The highest BCUT2D eigenvalue weighted by atomic mass is 16.5. The maximum Gasteiger partial charge on any atom is 0.172 e. The van der Waals surface area contributed by atoms with Crippen molar-refractivity contribution >= 4 is 6.29 Å². The van der Waals surface area contributed by atoms with Gasteiger partial charge in [0.2, 0.25) is 0 Å². The molecular weight excluding hydrogens is 298 g/mol. The highest BCUT2D eigenvalue weighted by Crippen LogP contribution is 2.29. The number of nitrogens with zero attached hydrogens (tertiary/aromatic N) is 3. The number of hydrogen-bond donors (Lipinski definition) is 0.